The summed E-state index contributed by atoms with van der Waals surface area (Å²) >= 11 is 0. The summed E-state index contributed by atoms with van der Waals surface area (Å²) in [4.78, 5) is 31.2. The number of anilines is 1. The number of aryl methyl sites for hydroxylation is 2. The highest BCUT2D eigenvalue weighted by Crippen LogP contribution is 2.36. The van der Waals surface area contributed by atoms with Gasteiger partial charge in [0.2, 0.25) is 0 Å². The largest absolute Gasteiger partial charge is 0.364 e. The van der Waals surface area contributed by atoms with Crippen molar-refractivity contribution in [3.05, 3.63) is 93.7 Å². The molecule has 0 spiro atoms. The normalized spacial score (nSPS) is 18.9. The Morgan fingerprint density at radius 3 is 2.58 bits per heavy atom. The SMILES string of the molecule is CCC1CN(c2cc(=O)n(C)c3ccc(C#N)nc23)[C@@H](C)CN1C(c1ccc(F)cc1)c1ccnc(C)n1. The zero-order valence-electron chi connectivity index (χ0n) is 22.0. The van der Waals surface area contributed by atoms with Gasteiger partial charge in [0.25, 0.3) is 5.56 Å². The van der Waals surface area contributed by atoms with Crippen LogP contribution in [0.15, 0.2) is 59.5 Å². The number of benzene rings is 1. The van der Waals surface area contributed by atoms with E-state index in [4.69, 9.17) is 4.98 Å². The third-order valence-electron chi connectivity index (χ3n) is 7.44. The Bertz CT molecular complexity index is 1580. The fraction of sp³-hybridized carbons (Fsp3) is 0.345. The predicted molar refractivity (Wildman–Crippen MR) is 144 cm³/mol. The van der Waals surface area contributed by atoms with E-state index in [2.05, 4.69) is 39.7 Å². The Kier molecular flexibility index (Phi) is 6.91. The minimum absolute atomic E-state index is 0.0199. The van der Waals surface area contributed by atoms with E-state index in [-0.39, 0.29) is 29.5 Å². The molecular weight excluding hydrogens is 481 g/mol. The highest BCUT2D eigenvalue weighted by atomic mass is 19.1. The third-order valence-corrected chi connectivity index (χ3v) is 7.44. The average molecular weight is 512 g/mol. The number of rotatable bonds is 5. The topological polar surface area (TPSA) is 90.9 Å². The number of nitriles is 1. The minimum Gasteiger partial charge on any atom is -0.364 e. The van der Waals surface area contributed by atoms with Gasteiger partial charge in [-0.3, -0.25) is 9.69 Å². The number of piperazine rings is 1. The van der Waals surface area contributed by atoms with Crippen molar-refractivity contribution in [3.8, 4) is 6.07 Å². The number of fused-ring (bicyclic) bond motifs is 1. The molecular formula is C29H30FN7O. The van der Waals surface area contributed by atoms with Crippen molar-refractivity contribution in [2.45, 2.75) is 45.3 Å². The van der Waals surface area contributed by atoms with Crippen LogP contribution in [0.1, 0.15) is 49.1 Å². The van der Waals surface area contributed by atoms with Crippen LogP contribution in [0.4, 0.5) is 10.1 Å². The minimum atomic E-state index is -0.279. The van der Waals surface area contributed by atoms with Crippen LogP contribution in [0.25, 0.3) is 11.0 Å². The molecule has 3 atom stereocenters. The predicted octanol–water partition coefficient (Wildman–Crippen LogP) is 4.12. The maximum atomic E-state index is 13.8. The lowest BCUT2D eigenvalue weighted by molar-refractivity contribution is 0.114. The summed E-state index contributed by atoms with van der Waals surface area (Å²) in [6, 6.07) is 15.6. The second-order valence-electron chi connectivity index (χ2n) is 9.85. The van der Waals surface area contributed by atoms with Gasteiger partial charge in [0, 0.05) is 44.5 Å². The van der Waals surface area contributed by atoms with Gasteiger partial charge in [-0.25, -0.2) is 19.3 Å². The number of halogens is 1. The van der Waals surface area contributed by atoms with Crippen molar-refractivity contribution in [2.24, 2.45) is 7.05 Å². The van der Waals surface area contributed by atoms with E-state index in [0.29, 0.717) is 35.6 Å². The third kappa shape index (κ3) is 4.63. The first-order valence-electron chi connectivity index (χ1n) is 12.8. The monoisotopic (exact) mass is 511 g/mol. The Hall–Kier alpha value is -4.16. The van der Waals surface area contributed by atoms with E-state index in [0.717, 1.165) is 23.4 Å². The molecule has 0 amide bonds. The maximum Gasteiger partial charge on any atom is 0.252 e. The standard InChI is InChI=1S/C29H30FN7O/c1-5-23-17-36(26-14-27(38)35(4)25-11-10-22(15-31)34-28(25)26)18(2)16-37(23)29(20-6-8-21(30)9-7-20)24-12-13-32-19(3)33-24/h6-14,18,23,29H,5,16-17H2,1-4H3/t18-,23?,29?/m0/s1. The first-order valence-corrected chi connectivity index (χ1v) is 12.8. The Balaban J connectivity index is 1.59. The van der Waals surface area contributed by atoms with Crippen LogP contribution in [0, 0.1) is 24.1 Å². The van der Waals surface area contributed by atoms with Gasteiger partial charge < -0.3 is 9.47 Å². The van der Waals surface area contributed by atoms with Crippen LogP contribution >= 0.6 is 0 Å². The molecule has 0 saturated carbocycles. The molecule has 0 aliphatic carbocycles. The molecule has 0 radical (unpaired) electrons. The average Bonchev–Trinajstić information content (AvgIpc) is 2.92. The Morgan fingerprint density at radius 1 is 1.13 bits per heavy atom. The van der Waals surface area contributed by atoms with Crippen molar-refractivity contribution in [3.63, 3.8) is 0 Å². The van der Waals surface area contributed by atoms with Crippen LogP contribution in [0.2, 0.25) is 0 Å². The summed E-state index contributed by atoms with van der Waals surface area (Å²) in [6.07, 6.45) is 2.61. The Labute approximate surface area is 221 Å². The van der Waals surface area contributed by atoms with Crippen LogP contribution in [0.3, 0.4) is 0 Å². The van der Waals surface area contributed by atoms with E-state index >= 15 is 0 Å². The molecule has 1 aromatic carbocycles. The molecule has 4 heterocycles. The van der Waals surface area contributed by atoms with Gasteiger partial charge in [0.05, 0.1) is 22.9 Å². The molecule has 1 aliphatic rings. The molecule has 0 N–H and O–H groups in total. The van der Waals surface area contributed by atoms with Crippen molar-refractivity contribution < 1.29 is 4.39 Å². The molecule has 1 fully saturated rings. The van der Waals surface area contributed by atoms with Crippen molar-refractivity contribution in [1.82, 2.24) is 24.4 Å². The molecule has 38 heavy (non-hydrogen) atoms. The first-order chi connectivity index (χ1) is 18.3. The van der Waals surface area contributed by atoms with Gasteiger partial charge in [-0.15, -0.1) is 0 Å². The van der Waals surface area contributed by atoms with Crippen LogP contribution in [0.5, 0.6) is 0 Å². The van der Waals surface area contributed by atoms with Crippen molar-refractivity contribution >= 4 is 16.7 Å². The van der Waals surface area contributed by atoms with Gasteiger partial charge in [-0.1, -0.05) is 19.1 Å². The molecule has 1 saturated heterocycles. The summed E-state index contributed by atoms with van der Waals surface area (Å²) < 4.78 is 15.4. The first kappa shape index (κ1) is 25.5. The van der Waals surface area contributed by atoms with Crippen molar-refractivity contribution in [2.75, 3.05) is 18.0 Å². The number of pyridine rings is 2. The van der Waals surface area contributed by atoms with Gasteiger partial charge in [-0.2, -0.15) is 5.26 Å². The fourth-order valence-corrected chi connectivity index (χ4v) is 5.48. The van der Waals surface area contributed by atoms with E-state index in [9.17, 15) is 14.4 Å². The van der Waals surface area contributed by atoms with Crippen LogP contribution in [-0.4, -0.2) is 49.6 Å². The quantitative estimate of drug-likeness (QED) is 0.398. The van der Waals surface area contributed by atoms with Gasteiger partial charge >= 0.3 is 0 Å². The highest BCUT2D eigenvalue weighted by molar-refractivity contribution is 5.89. The second-order valence-corrected chi connectivity index (χ2v) is 9.85. The van der Waals surface area contributed by atoms with E-state index in [1.165, 1.54) is 12.1 Å². The molecule has 0 bridgehead atoms. The highest BCUT2D eigenvalue weighted by Gasteiger charge is 2.37. The molecule has 5 rings (SSSR count). The molecule has 3 aromatic heterocycles. The molecule has 2 unspecified atom stereocenters. The molecule has 4 aromatic rings. The van der Waals surface area contributed by atoms with Crippen LogP contribution in [-0.2, 0) is 7.05 Å². The lowest BCUT2D eigenvalue weighted by atomic mass is 9.95. The van der Waals surface area contributed by atoms with E-state index in [1.54, 1.807) is 36.0 Å². The summed E-state index contributed by atoms with van der Waals surface area (Å²) in [5.41, 5.74) is 4.08. The second kappa shape index (κ2) is 10.3. The fourth-order valence-electron chi connectivity index (χ4n) is 5.48. The number of nitrogens with zero attached hydrogens (tertiary/aromatic N) is 7. The van der Waals surface area contributed by atoms with Gasteiger partial charge in [0.1, 0.15) is 28.9 Å². The summed E-state index contributed by atoms with van der Waals surface area (Å²) in [6.45, 7) is 7.47. The van der Waals surface area contributed by atoms with Crippen LogP contribution < -0.4 is 10.5 Å². The summed E-state index contributed by atoms with van der Waals surface area (Å²) in [7, 11) is 1.72. The molecule has 194 valence electrons. The smallest absolute Gasteiger partial charge is 0.252 e. The van der Waals surface area contributed by atoms with E-state index in [1.807, 2.05) is 25.1 Å². The summed E-state index contributed by atoms with van der Waals surface area (Å²) in [5.74, 6) is 0.402. The summed E-state index contributed by atoms with van der Waals surface area (Å²) in [5, 5.41) is 9.47. The van der Waals surface area contributed by atoms with Gasteiger partial charge in [-0.05, 0) is 56.2 Å². The maximum absolute atomic E-state index is 13.8. The zero-order valence-corrected chi connectivity index (χ0v) is 22.0. The molecule has 8 nitrogen and oxygen atoms in total. The molecule has 9 heteroatoms. The lowest BCUT2D eigenvalue weighted by Gasteiger charge is -2.49. The number of hydrogen-bond donors (Lipinski definition) is 0. The number of aromatic nitrogens is 4. The van der Waals surface area contributed by atoms with Crippen molar-refractivity contribution in [1.29, 1.82) is 5.26 Å². The molecule has 1 aliphatic heterocycles. The Morgan fingerprint density at radius 2 is 1.89 bits per heavy atom. The lowest BCUT2D eigenvalue weighted by Crippen LogP contribution is -2.58. The van der Waals surface area contributed by atoms with E-state index < -0.39 is 0 Å². The van der Waals surface area contributed by atoms with Gasteiger partial charge in [0.15, 0.2) is 0 Å². The zero-order chi connectivity index (χ0) is 27.0. The number of hydrogen-bond acceptors (Lipinski definition) is 7.